The SMILES string of the molecule is COc1ccccc1N1CCC(NC(=O)NCc2cnn(C)c2C)C1. The number of amides is 2. The van der Waals surface area contributed by atoms with E-state index in [4.69, 9.17) is 4.74 Å². The normalized spacial score (nSPS) is 16.8. The van der Waals surface area contributed by atoms with E-state index in [1.165, 1.54) is 0 Å². The lowest BCUT2D eigenvalue weighted by molar-refractivity contribution is 0.237. The average Bonchev–Trinajstić information content (AvgIpc) is 3.21. The number of urea groups is 1. The largest absolute Gasteiger partial charge is 0.495 e. The van der Waals surface area contributed by atoms with E-state index in [-0.39, 0.29) is 12.1 Å². The van der Waals surface area contributed by atoms with Crippen LogP contribution in [-0.4, -0.2) is 42.1 Å². The molecule has 2 heterocycles. The van der Waals surface area contributed by atoms with Gasteiger partial charge in [-0.1, -0.05) is 12.1 Å². The second-order valence-electron chi connectivity index (χ2n) is 6.31. The van der Waals surface area contributed by atoms with E-state index >= 15 is 0 Å². The van der Waals surface area contributed by atoms with Crippen molar-refractivity contribution in [1.82, 2.24) is 20.4 Å². The number of aryl methyl sites for hydroxylation is 1. The highest BCUT2D eigenvalue weighted by Crippen LogP contribution is 2.30. The van der Waals surface area contributed by atoms with Gasteiger partial charge in [-0.2, -0.15) is 5.10 Å². The second-order valence-corrected chi connectivity index (χ2v) is 6.31. The molecule has 1 fully saturated rings. The molecule has 3 rings (SSSR count). The molecule has 1 aromatic heterocycles. The molecule has 2 N–H and O–H groups in total. The number of methoxy groups -OCH3 is 1. The van der Waals surface area contributed by atoms with E-state index in [0.29, 0.717) is 6.54 Å². The van der Waals surface area contributed by atoms with Crippen LogP contribution in [0.25, 0.3) is 0 Å². The fourth-order valence-corrected chi connectivity index (χ4v) is 3.12. The van der Waals surface area contributed by atoms with Crippen LogP contribution >= 0.6 is 0 Å². The quantitative estimate of drug-likeness (QED) is 0.869. The number of anilines is 1. The number of nitrogens with zero attached hydrogens (tertiary/aromatic N) is 3. The van der Waals surface area contributed by atoms with Gasteiger partial charge in [0.2, 0.25) is 0 Å². The molecule has 1 aliphatic heterocycles. The van der Waals surface area contributed by atoms with Crippen LogP contribution in [0, 0.1) is 6.92 Å². The third kappa shape index (κ3) is 3.87. The number of benzene rings is 1. The van der Waals surface area contributed by atoms with Crippen LogP contribution in [0.2, 0.25) is 0 Å². The number of aromatic nitrogens is 2. The minimum atomic E-state index is -0.143. The highest BCUT2D eigenvalue weighted by Gasteiger charge is 2.25. The lowest BCUT2D eigenvalue weighted by atomic mass is 10.2. The third-order valence-electron chi connectivity index (χ3n) is 4.73. The molecule has 1 saturated heterocycles. The zero-order valence-electron chi connectivity index (χ0n) is 15.0. The highest BCUT2D eigenvalue weighted by molar-refractivity contribution is 5.74. The predicted molar refractivity (Wildman–Crippen MR) is 96.9 cm³/mol. The summed E-state index contributed by atoms with van der Waals surface area (Å²) in [5.74, 6) is 0.861. The summed E-state index contributed by atoms with van der Waals surface area (Å²) in [5.41, 5.74) is 3.16. The van der Waals surface area contributed by atoms with Crippen molar-refractivity contribution in [2.75, 3.05) is 25.1 Å². The summed E-state index contributed by atoms with van der Waals surface area (Å²) in [6.45, 7) is 4.14. The van der Waals surface area contributed by atoms with Gasteiger partial charge in [-0.05, 0) is 25.5 Å². The summed E-state index contributed by atoms with van der Waals surface area (Å²) in [6, 6.07) is 7.95. The summed E-state index contributed by atoms with van der Waals surface area (Å²) >= 11 is 0. The molecule has 0 spiro atoms. The molecule has 134 valence electrons. The highest BCUT2D eigenvalue weighted by atomic mass is 16.5. The number of hydrogen-bond acceptors (Lipinski definition) is 4. The molecule has 0 radical (unpaired) electrons. The monoisotopic (exact) mass is 343 g/mol. The Morgan fingerprint density at radius 3 is 2.92 bits per heavy atom. The number of para-hydroxylation sites is 2. The number of carbonyl (C=O) groups is 1. The molecule has 0 bridgehead atoms. The molecule has 1 atom stereocenters. The topological polar surface area (TPSA) is 71.4 Å². The summed E-state index contributed by atoms with van der Waals surface area (Å²) in [4.78, 5) is 14.4. The molecule has 0 aliphatic carbocycles. The van der Waals surface area contributed by atoms with Crippen LogP contribution in [0.4, 0.5) is 10.5 Å². The summed E-state index contributed by atoms with van der Waals surface area (Å²) in [5, 5.41) is 10.1. The van der Waals surface area contributed by atoms with E-state index in [1.54, 1.807) is 18.0 Å². The smallest absolute Gasteiger partial charge is 0.315 e. The van der Waals surface area contributed by atoms with Crippen LogP contribution in [0.5, 0.6) is 5.75 Å². The average molecular weight is 343 g/mol. The van der Waals surface area contributed by atoms with Crippen molar-refractivity contribution >= 4 is 11.7 Å². The lowest BCUT2D eigenvalue weighted by Gasteiger charge is -2.21. The first-order chi connectivity index (χ1) is 12.1. The van der Waals surface area contributed by atoms with Gasteiger partial charge in [0.1, 0.15) is 5.75 Å². The molecule has 0 saturated carbocycles. The van der Waals surface area contributed by atoms with E-state index in [1.807, 2.05) is 38.2 Å². The first kappa shape index (κ1) is 17.1. The molecule has 2 amide bonds. The first-order valence-corrected chi connectivity index (χ1v) is 8.48. The molecular weight excluding hydrogens is 318 g/mol. The van der Waals surface area contributed by atoms with Crippen LogP contribution in [0.1, 0.15) is 17.7 Å². The maximum Gasteiger partial charge on any atom is 0.315 e. The molecule has 1 aliphatic rings. The molecule has 2 aromatic rings. The molecule has 7 nitrogen and oxygen atoms in total. The van der Waals surface area contributed by atoms with Gasteiger partial charge in [-0.3, -0.25) is 4.68 Å². The lowest BCUT2D eigenvalue weighted by Crippen LogP contribution is -2.43. The molecule has 7 heteroatoms. The van der Waals surface area contributed by atoms with Crippen molar-refractivity contribution in [2.45, 2.75) is 25.9 Å². The second kappa shape index (κ2) is 7.46. The molecule has 1 unspecified atom stereocenters. The van der Waals surface area contributed by atoms with Gasteiger partial charge in [-0.25, -0.2) is 4.79 Å². The zero-order valence-corrected chi connectivity index (χ0v) is 15.0. The Morgan fingerprint density at radius 1 is 1.40 bits per heavy atom. The Bertz CT molecular complexity index is 743. The number of ether oxygens (including phenoxy) is 1. The van der Waals surface area contributed by atoms with Gasteiger partial charge in [0.25, 0.3) is 0 Å². The summed E-state index contributed by atoms with van der Waals surface area (Å²) in [6.07, 6.45) is 2.70. The van der Waals surface area contributed by atoms with Gasteiger partial charge in [0.15, 0.2) is 0 Å². The minimum Gasteiger partial charge on any atom is -0.495 e. The summed E-state index contributed by atoms with van der Waals surface area (Å²) < 4.78 is 7.23. The van der Waals surface area contributed by atoms with Crippen molar-refractivity contribution in [3.05, 3.63) is 41.7 Å². The van der Waals surface area contributed by atoms with Crippen LogP contribution in [-0.2, 0) is 13.6 Å². The fraction of sp³-hybridized carbons (Fsp3) is 0.444. The maximum absolute atomic E-state index is 12.2. The molecular formula is C18H25N5O2. The van der Waals surface area contributed by atoms with Gasteiger partial charge in [-0.15, -0.1) is 0 Å². The van der Waals surface area contributed by atoms with Crippen LogP contribution < -0.4 is 20.3 Å². The van der Waals surface area contributed by atoms with Crippen LogP contribution in [0.3, 0.4) is 0 Å². The fourth-order valence-electron chi connectivity index (χ4n) is 3.12. The Morgan fingerprint density at radius 2 is 2.20 bits per heavy atom. The predicted octanol–water partition coefficient (Wildman–Crippen LogP) is 1.82. The third-order valence-corrected chi connectivity index (χ3v) is 4.73. The number of carbonyl (C=O) groups excluding carboxylic acids is 1. The number of hydrogen-bond donors (Lipinski definition) is 2. The maximum atomic E-state index is 12.2. The van der Waals surface area contributed by atoms with Gasteiger partial charge in [0.05, 0.1) is 19.0 Å². The van der Waals surface area contributed by atoms with Crippen molar-refractivity contribution in [2.24, 2.45) is 7.05 Å². The van der Waals surface area contributed by atoms with E-state index in [9.17, 15) is 4.79 Å². The zero-order chi connectivity index (χ0) is 17.8. The Labute approximate surface area is 148 Å². The Kier molecular flexibility index (Phi) is 5.11. The van der Waals surface area contributed by atoms with Gasteiger partial charge >= 0.3 is 6.03 Å². The van der Waals surface area contributed by atoms with Crippen molar-refractivity contribution in [3.8, 4) is 5.75 Å². The number of rotatable bonds is 5. The molecule has 1 aromatic carbocycles. The minimum absolute atomic E-state index is 0.125. The molecule has 25 heavy (non-hydrogen) atoms. The Hall–Kier alpha value is -2.70. The van der Waals surface area contributed by atoms with Crippen molar-refractivity contribution in [3.63, 3.8) is 0 Å². The van der Waals surface area contributed by atoms with E-state index < -0.39 is 0 Å². The van der Waals surface area contributed by atoms with Gasteiger partial charge in [0, 0.05) is 44.0 Å². The van der Waals surface area contributed by atoms with E-state index in [2.05, 4.69) is 20.6 Å². The first-order valence-electron chi connectivity index (χ1n) is 8.48. The van der Waals surface area contributed by atoms with Crippen LogP contribution in [0.15, 0.2) is 30.5 Å². The van der Waals surface area contributed by atoms with Crippen molar-refractivity contribution in [1.29, 1.82) is 0 Å². The van der Waals surface area contributed by atoms with Gasteiger partial charge < -0.3 is 20.3 Å². The van der Waals surface area contributed by atoms with E-state index in [0.717, 1.165) is 42.2 Å². The standard InChI is InChI=1S/C18H25N5O2/c1-13-14(11-20-22(13)2)10-19-18(24)21-15-8-9-23(12-15)16-6-4-5-7-17(16)25-3/h4-7,11,15H,8-10,12H2,1-3H3,(H2,19,21,24). The van der Waals surface area contributed by atoms with Crippen molar-refractivity contribution < 1.29 is 9.53 Å². The number of nitrogens with one attached hydrogen (secondary N) is 2. The summed E-state index contributed by atoms with van der Waals surface area (Å²) in [7, 11) is 3.57. The Balaban J connectivity index is 1.51.